The zero-order valence-electron chi connectivity index (χ0n) is 11.4. The average Bonchev–Trinajstić information content (AvgIpc) is 2.86. The van der Waals surface area contributed by atoms with E-state index in [4.69, 9.17) is 9.15 Å². The van der Waals surface area contributed by atoms with Gasteiger partial charge in [0, 0.05) is 6.42 Å². The summed E-state index contributed by atoms with van der Waals surface area (Å²) in [6.07, 6.45) is 5.34. The highest BCUT2D eigenvalue weighted by molar-refractivity contribution is 5.75. The molecule has 0 aliphatic carbocycles. The molecule has 102 valence electrons. The number of aryl methyl sites for hydroxylation is 1. The first-order chi connectivity index (χ1) is 8.71. The molecule has 0 saturated heterocycles. The van der Waals surface area contributed by atoms with Crippen molar-refractivity contribution >= 4 is 5.97 Å². The molecule has 18 heavy (non-hydrogen) atoms. The van der Waals surface area contributed by atoms with Crippen LogP contribution in [0, 0.1) is 0 Å². The van der Waals surface area contributed by atoms with E-state index in [1.54, 1.807) is 6.20 Å². The van der Waals surface area contributed by atoms with E-state index in [0.29, 0.717) is 12.4 Å². The Kier molecular flexibility index (Phi) is 6.43. The maximum atomic E-state index is 11.6. The Morgan fingerprint density at radius 1 is 1.56 bits per heavy atom. The Balaban J connectivity index is 2.47. The third kappa shape index (κ3) is 4.49. The predicted octanol–water partition coefficient (Wildman–Crippen LogP) is 2.06. The summed E-state index contributed by atoms with van der Waals surface area (Å²) in [4.78, 5) is 15.7. The van der Waals surface area contributed by atoms with Crippen LogP contribution in [0.3, 0.4) is 0 Å². The number of hydrogen-bond acceptors (Lipinski definition) is 5. The van der Waals surface area contributed by atoms with Gasteiger partial charge in [-0.05, 0) is 6.42 Å². The lowest BCUT2D eigenvalue weighted by Gasteiger charge is -2.14. The number of hydrogen-bond donors (Lipinski definition) is 1. The summed E-state index contributed by atoms with van der Waals surface area (Å²) in [5.74, 6) is 1.23. The van der Waals surface area contributed by atoms with E-state index in [-0.39, 0.29) is 12.0 Å². The van der Waals surface area contributed by atoms with Gasteiger partial charge in [0.2, 0.25) is 5.89 Å². The fourth-order valence-corrected chi connectivity index (χ4v) is 1.66. The maximum Gasteiger partial charge on any atom is 0.322 e. The molecule has 1 aromatic heterocycles. The Bertz CT molecular complexity index is 363. The van der Waals surface area contributed by atoms with E-state index in [2.05, 4.69) is 17.2 Å². The summed E-state index contributed by atoms with van der Waals surface area (Å²) in [6, 6.07) is -0.285. The molecule has 1 rings (SSSR count). The van der Waals surface area contributed by atoms with Gasteiger partial charge in [-0.25, -0.2) is 4.98 Å². The number of oxazole rings is 1. The maximum absolute atomic E-state index is 11.6. The van der Waals surface area contributed by atoms with Gasteiger partial charge >= 0.3 is 5.97 Å². The van der Waals surface area contributed by atoms with Crippen molar-refractivity contribution in [3.8, 4) is 0 Å². The molecule has 1 heterocycles. The summed E-state index contributed by atoms with van der Waals surface area (Å²) in [5, 5.41) is 3.13. The molecule has 1 unspecified atom stereocenters. The number of carbonyl (C=O) groups is 1. The lowest BCUT2D eigenvalue weighted by Crippen LogP contribution is -2.37. The van der Waals surface area contributed by atoms with Crippen LogP contribution in [-0.2, 0) is 22.5 Å². The number of nitrogens with zero attached hydrogens (tertiary/aromatic N) is 1. The van der Waals surface area contributed by atoms with Crippen LogP contribution in [0.1, 0.15) is 44.8 Å². The molecule has 0 aliphatic rings. The van der Waals surface area contributed by atoms with Crippen LogP contribution in [0.15, 0.2) is 10.6 Å². The zero-order valence-corrected chi connectivity index (χ0v) is 11.4. The molecule has 0 amide bonds. The summed E-state index contributed by atoms with van der Waals surface area (Å²) < 4.78 is 10.2. The molecule has 0 aliphatic heterocycles. The Hall–Kier alpha value is -1.36. The van der Waals surface area contributed by atoms with Gasteiger partial charge < -0.3 is 9.15 Å². The van der Waals surface area contributed by atoms with Crippen LogP contribution >= 0.6 is 0 Å². The second kappa shape index (κ2) is 7.87. The molecule has 5 nitrogen and oxygen atoms in total. The minimum atomic E-state index is -0.285. The monoisotopic (exact) mass is 254 g/mol. The Labute approximate surface area is 108 Å². The van der Waals surface area contributed by atoms with E-state index in [1.165, 1.54) is 7.11 Å². The number of rotatable bonds is 8. The first-order valence-electron chi connectivity index (χ1n) is 6.46. The highest BCUT2D eigenvalue weighted by atomic mass is 16.5. The molecule has 0 aromatic carbocycles. The van der Waals surface area contributed by atoms with E-state index < -0.39 is 0 Å². The highest BCUT2D eigenvalue weighted by Crippen LogP contribution is 2.07. The van der Waals surface area contributed by atoms with Crippen molar-refractivity contribution in [2.24, 2.45) is 0 Å². The molecule has 0 bridgehead atoms. The van der Waals surface area contributed by atoms with Crippen molar-refractivity contribution in [3.63, 3.8) is 0 Å². The van der Waals surface area contributed by atoms with Gasteiger partial charge in [0.05, 0.1) is 19.9 Å². The fourth-order valence-electron chi connectivity index (χ4n) is 1.66. The van der Waals surface area contributed by atoms with Gasteiger partial charge in [-0.15, -0.1) is 0 Å². The van der Waals surface area contributed by atoms with Gasteiger partial charge in [0.1, 0.15) is 11.8 Å². The molecule has 0 spiro atoms. The van der Waals surface area contributed by atoms with E-state index in [0.717, 1.165) is 31.4 Å². The van der Waals surface area contributed by atoms with Crippen LogP contribution in [-0.4, -0.2) is 24.1 Å². The normalized spacial score (nSPS) is 12.4. The smallest absolute Gasteiger partial charge is 0.322 e. The second-order valence-corrected chi connectivity index (χ2v) is 4.17. The van der Waals surface area contributed by atoms with Crippen molar-refractivity contribution < 1.29 is 13.9 Å². The van der Waals surface area contributed by atoms with Gasteiger partial charge in [0.15, 0.2) is 0 Å². The standard InChI is InChI=1S/C13H22N2O3/c1-4-6-7-11(13(16)17-3)14-9-12-15-8-10(5-2)18-12/h8,11,14H,4-7,9H2,1-3H3. The summed E-state index contributed by atoms with van der Waals surface area (Å²) >= 11 is 0. The minimum Gasteiger partial charge on any atom is -0.468 e. The number of carbonyl (C=O) groups excluding carboxylic acids is 1. The predicted molar refractivity (Wildman–Crippen MR) is 68.0 cm³/mol. The number of aromatic nitrogens is 1. The molecule has 0 radical (unpaired) electrons. The van der Waals surface area contributed by atoms with Crippen LogP contribution in [0.4, 0.5) is 0 Å². The topological polar surface area (TPSA) is 64.4 Å². The number of nitrogens with one attached hydrogen (secondary N) is 1. The fraction of sp³-hybridized carbons (Fsp3) is 0.692. The van der Waals surface area contributed by atoms with E-state index >= 15 is 0 Å². The van der Waals surface area contributed by atoms with Crippen LogP contribution in [0.2, 0.25) is 0 Å². The van der Waals surface area contributed by atoms with Gasteiger partial charge in [0.25, 0.3) is 0 Å². The summed E-state index contributed by atoms with van der Waals surface area (Å²) in [5.41, 5.74) is 0. The summed E-state index contributed by atoms with van der Waals surface area (Å²) in [7, 11) is 1.41. The van der Waals surface area contributed by atoms with E-state index in [1.807, 2.05) is 6.92 Å². The molecular formula is C13H22N2O3. The van der Waals surface area contributed by atoms with Crippen molar-refractivity contribution in [3.05, 3.63) is 17.8 Å². The van der Waals surface area contributed by atoms with Gasteiger partial charge in [-0.2, -0.15) is 0 Å². The molecule has 1 atom stereocenters. The van der Waals surface area contributed by atoms with E-state index in [9.17, 15) is 4.79 Å². The quantitative estimate of drug-likeness (QED) is 0.719. The van der Waals surface area contributed by atoms with Gasteiger partial charge in [-0.1, -0.05) is 26.7 Å². The van der Waals surface area contributed by atoms with Gasteiger partial charge in [-0.3, -0.25) is 10.1 Å². The first kappa shape index (κ1) is 14.7. The number of esters is 1. The molecule has 0 fully saturated rings. The van der Waals surface area contributed by atoms with Crippen LogP contribution < -0.4 is 5.32 Å². The summed E-state index contributed by atoms with van der Waals surface area (Å²) in [6.45, 7) is 4.55. The van der Waals surface area contributed by atoms with Crippen LogP contribution in [0.5, 0.6) is 0 Å². The largest absolute Gasteiger partial charge is 0.468 e. The molecule has 1 N–H and O–H groups in total. The lowest BCUT2D eigenvalue weighted by atomic mass is 10.1. The zero-order chi connectivity index (χ0) is 13.4. The molecule has 0 saturated carbocycles. The molecular weight excluding hydrogens is 232 g/mol. The molecule has 1 aromatic rings. The van der Waals surface area contributed by atoms with Crippen molar-refractivity contribution in [2.45, 2.75) is 52.1 Å². The third-order valence-corrected chi connectivity index (χ3v) is 2.78. The lowest BCUT2D eigenvalue weighted by molar-refractivity contribution is -0.143. The third-order valence-electron chi connectivity index (χ3n) is 2.78. The minimum absolute atomic E-state index is 0.231. The highest BCUT2D eigenvalue weighted by Gasteiger charge is 2.18. The second-order valence-electron chi connectivity index (χ2n) is 4.17. The number of ether oxygens (including phenoxy) is 1. The number of methoxy groups -OCH3 is 1. The Morgan fingerprint density at radius 2 is 2.33 bits per heavy atom. The van der Waals surface area contributed by atoms with Crippen LogP contribution in [0.25, 0.3) is 0 Å². The molecule has 5 heteroatoms. The van der Waals surface area contributed by atoms with Crippen molar-refractivity contribution in [1.82, 2.24) is 10.3 Å². The van der Waals surface area contributed by atoms with Crippen molar-refractivity contribution in [2.75, 3.05) is 7.11 Å². The average molecular weight is 254 g/mol. The Morgan fingerprint density at radius 3 is 2.89 bits per heavy atom. The first-order valence-corrected chi connectivity index (χ1v) is 6.46. The van der Waals surface area contributed by atoms with Crippen molar-refractivity contribution in [1.29, 1.82) is 0 Å². The SMILES string of the molecule is CCCCC(NCc1ncc(CC)o1)C(=O)OC. The number of unbranched alkanes of at least 4 members (excludes halogenated alkanes) is 1.